The van der Waals surface area contributed by atoms with E-state index in [2.05, 4.69) is 9.72 Å². The molecule has 0 fully saturated rings. The molecule has 1 unspecified atom stereocenters. The zero-order chi connectivity index (χ0) is 15.0. The Labute approximate surface area is 122 Å². The first-order valence-corrected chi connectivity index (χ1v) is 6.78. The lowest BCUT2D eigenvalue weighted by molar-refractivity contribution is 0.0595. The topological polar surface area (TPSA) is 85.2 Å². The quantitative estimate of drug-likeness (QED) is 0.829. The van der Waals surface area contributed by atoms with Crippen LogP contribution in [-0.4, -0.2) is 23.8 Å². The number of aromatic nitrogens is 1. The van der Waals surface area contributed by atoms with Gasteiger partial charge in [-0.15, -0.1) is 0 Å². The molecule has 1 aromatic heterocycles. The Balaban J connectivity index is 1.99. The first-order valence-electron chi connectivity index (χ1n) is 6.78. The van der Waals surface area contributed by atoms with Gasteiger partial charge in [-0.2, -0.15) is 0 Å². The maximum Gasteiger partial charge on any atom is 0.356 e. The fourth-order valence-electron chi connectivity index (χ4n) is 2.91. The minimum Gasteiger partial charge on any atom is -0.464 e. The lowest BCUT2D eigenvalue weighted by Crippen LogP contribution is -2.18. The highest BCUT2D eigenvalue weighted by molar-refractivity contribution is 6.08. The molecule has 5 nitrogen and oxygen atoms in total. The van der Waals surface area contributed by atoms with Crippen molar-refractivity contribution in [3.05, 3.63) is 52.8 Å². The molecule has 1 aromatic carbocycles. The summed E-state index contributed by atoms with van der Waals surface area (Å²) in [5, 5.41) is 0. The second kappa shape index (κ2) is 5.09. The third kappa shape index (κ3) is 2.20. The zero-order valence-electron chi connectivity index (χ0n) is 11.7. The van der Waals surface area contributed by atoms with Crippen LogP contribution in [0.5, 0.6) is 0 Å². The molecule has 3 N–H and O–H groups in total. The van der Waals surface area contributed by atoms with Crippen molar-refractivity contribution in [3.63, 3.8) is 0 Å². The zero-order valence-corrected chi connectivity index (χ0v) is 11.7. The number of nitrogens with one attached hydrogen (secondary N) is 1. The first kappa shape index (κ1) is 13.4. The third-order valence-electron chi connectivity index (χ3n) is 3.94. The van der Waals surface area contributed by atoms with Gasteiger partial charge in [0.25, 0.3) is 0 Å². The highest BCUT2D eigenvalue weighted by atomic mass is 16.5. The number of benzene rings is 1. The number of methoxy groups -OCH3 is 1. The van der Waals surface area contributed by atoms with E-state index in [4.69, 9.17) is 5.73 Å². The molecule has 5 heteroatoms. The van der Waals surface area contributed by atoms with E-state index in [1.54, 1.807) is 0 Å². The molecular weight excluding hydrogens is 268 g/mol. The number of anilines is 1. The van der Waals surface area contributed by atoms with Crippen LogP contribution in [0.1, 0.15) is 44.4 Å². The van der Waals surface area contributed by atoms with E-state index in [9.17, 15) is 9.59 Å². The molecule has 1 atom stereocenters. The molecule has 0 radical (unpaired) electrons. The average molecular weight is 284 g/mol. The standard InChI is InChI=1S/C16H16N2O3/c1-21-16(20)15-14(17)13-11(18-15)7-10(8-12(13)19)9-5-3-2-4-6-9/h2-6,10,18H,7-8,17H2,1H3. The fraction of sp³-hybridized carbons (Fsp3) is 0.250. The Morgan fingerprint density at radius 1 is 1.29 bits per heavy atom. The van der Waals surface area contributed by atoms with E-state index in [0.717, 1.165) is 11.3 Å². The fourth-order valence-corrected chi connectivity index (χ4v) is 2.91. The first-order chi connectivity index (χ1) is 10.1. The number of aromatic amines is 1. The summed E-state index contributed by atoms with van der Waals surface area (Å²) in [5.74, 6) is -0.477. The summed E-state index contributed by atoms with van der Waals surface area (Å²) in [7, 11) is 1.29. The Kier molecular flexibility index (Phi) is 3.25. The van der Waals surface area contributed by atoms with Gasteiger partial charge in [0.05, 0.1) is 18.4 Å². The minimum atomic E-state index is -0.550. The highest BCUT2D eigenvalue weighted by Crippen LogP contribution is 2.36. The number of esters is 1. The van der Waals surface area contributed by atoms with Crippen LogP contribution in [0, 0.1) is 0 Å². The number of H-pyrrole nitrogens is 1. The van der Waals surface area contributed by atoms with Crippen molar-refractivity contribution < 1.29 is 14.3 Å². The molecule has 0 saturated heterocycles. The van der Waals surface area contributed by atoms with Crippen LogP contribution in [0.25, 0.3) is 0 Å². The van der Waals surface area contributed by atoms with Crippen LogP contribution in [0.15, 0.2) is 30.3 Å². The molecular formula is C16H16N2O3. The van der Waals surface area contributed by atoms with Gasteiger partial charge in [-0.3, -0.25) is 4.79 Å². The van der Waals surface area contributed by atoms with Crippen molar-refractivity contribution in [1.29, 1.82) is 0 Å². The Hall–Kier alpha value is -2.56. The van der Waals surface area contributed by atoms with Gasteiger partial charge in [0.2, 0.25) is 0 Å². The Bertz CT molecular complexity index is 704. The molecule has 2 aromatic rings. The van der Waals surface area contributed by atoms with E-state index < -0.39 is 5.97 Å². The number of carbonyl (C=O) groups excluding carboxylic acids is 2. The van der Waals surface area contributed by atoms with Gasteiger partial charge in [0.15, 0.2) is 5.78 Å². The van der Waals surface area contributed by atoms with Gasteiger partial charge in [-0.1, -0.05) is 30.3 Å². The van der Waals surface area contributed by atoms with Crippen LogP contribution in [0.3, 0.4) is 0 Å². The molecule has 0 aliphatic heterocycles. The summed E-state index contributed by atoms with van der Waals surface area (Å²) in [6.45, 7) is 0. The third-order valence-corrected chi connectivity index (χ3v) is 3.94. The summed E-state index contributed by atoms with van der Waals surface area (Å²) in [4.78, 5) is 27.0. The van der Waals surface area contributed by atoms with Crippen LogP contribution in [-0.2, 0) is 11.2 Å². The monoisotopic (exact) mass is 284 g/mol. The van der Waals surface area contributed by atoms with E-state index in [1.165, 1.54) is 7.11 Å². The molecule has 1 aliphatic carbocycles. The van der Waals surface area contributed by atoms with Gasteiger partial charge in [-0.25, -0.2) is 4.79 Å². The number of ketones is 1. The lowest BCUT2D eigenvalue weighted by atomic mass is 9.82. The van der Waals surface area contributed by atoms with Crippen molar-refractivity contribution in [2.75, 3.05) is 12.8 Å². The predicted octanol–water partition coefficient (Wildman–Crippen LogP) is 2.30. The number of hydrogen-bond acceptors (Lipinski definition) is 4. The molecule has 0 amide bonds. The maximum absolute atomic E-state index is 12.4. The second-order valence-electron chi connectivity index (χ2n) is 5.20. The number of carbonyl (C=O) groups is 2. The van der Waals surface area contributed by atoms with Crippen LogP contribution in [0.4, 0.5) is 5.69 Å². The van der Waals surface area contributed by atoms with Gasteiger partial charge in [0, 0.05) is 12.1 Å². The van der Waals surface area contributed by atoms with E-state index >= 15 is 0 Å². The van der Waals surface area contributed by atoms with Gasteiger partial charge < -0.3 is 15.5 Å². The minimum absolute atomic E-state index is 0.0333. The Morgan fingerprint density at radius 3 is 2.67 bits per heavy atom. The maximum atomic E-state index is 12.4. The summed E-state index contributed by atoms with van der Waals surface area (Å²) < 4.78 is 4.68. The molecule has 0 spiro atoms. The number of ether oxygens (including phenoxy) is 1. The number of rotatable bonds is 2. The summed E-state index contributed by atoms with van der Waals surface area (Å²) in [6.07, 6.45) is 1.06. The van der Waals surface area contributed by atoms with E-state index in [0.29, 0.717) is 18.4 Å². The normalized spacial score (nSPS) is 17.4. The molecule has 108 valence electrons. The number of fused-ring (bicyclic) bond motifs is 1. The molecule has 21 heavy (non-hydrogen) atoms. The summed E-state index contributed by atoms with van der Waals surface area (Å²) in [6, 6.07) is 9.88. The summed E-state index contributed by atoms with van der Waals surface area (Å²) >= 11 is 0. The van der Waals surface area contributed by atoms with Crippen molar-refractivity contribution in [2.45, 2.75) is 18.8 Å². The van der Waals surface area contributed by atoms with Crippen molar-refractivity contribution in [2.24, 2.45) is 0 Å². The van der Waals surface area contributed by atoms with E-state index in [-0.39, 0.29) is 23.1 Å². The van der Waals surface area contributed by atoms with Crippen molar-refractivity contribution >= 4 is 17.4 Å². The molecule has 1 heterocycles. The number of hydrogen-bond donors (Lipinski definition) is 2. The smallest absolute Gasteiger partial charge is 0.356 e. The largest absolute Gasteiger partial charge is 0.464 e. The van der Waals surface area contributed by atoms with Crippen LogP contribution < -0.4 is 5.73 Å². The van der Waals surface area contributed by atoms with E-state index in [1.807, 2.05) is 30.3 Å². The number of Topliss-reactive ketones (excluding diaryl/α,β-unsaturated/α-hetero) is 1. The number of nitrogen functional groups attached to an aromatic ring is 1. The van der Waals surface area contributed by atoms with Gasteiger partial charge >= 0.3 is 5.97 Å². The van der Waals surface area contributed by atoms with Crippen molar-refractivity contribution in [3.8, 4) is 0 Å². The molecule has 0 bridgehead atoms. The second-order valence-corrected chi connectivity index (χ2v) is 5.20. The molecule has 1 aliphatic rings. The number of nitrogens with two attached hydrogens (primary N) is 1. The highest BCUT2D eigenvalue weighted by Gasteiger charge is 2.32. The SMILES string of the molecule is COC(=O)c1[nH]c2c(c1N)C(=O)CC(c1ccccc1)C2. The van der Waals surface area contributed by atoms with Gasteiger partial charge in [-0.05, 0) is 17.9 Å². The predicted molar refractivity (Wildman–Crippen MR) is 78.4 cm³/mol. The average Bonchev–Trinajstić information content (AvgIpc) is 2.85. The van der Waals surface area contributed by atoms with Crippen LogP contribution >= 0.6 is 0 Å². The molecule has 3 rings (SSSR count). The van der Waals surface area contributed by atoms with Crippen molar-refractivity contribution in [1.82, 2.24) is 4.98 Å². The molecule has 0 saturated carbocycles. The van der Waals surface area contributed by atoms with Gasteiger partial charge in [0.1, 0.15) is 5.69 Å². The lowest BCUT2D eigenvalue weighted by Gasteiger charge is -2.21. The van der Waals surface area contributed by atoms with Crippen LogP contribution in [0.2, 0.25) is 0 Å². The summed E-state index contributed by atoms with van der Waals surface area (Å²) in [5.41, 5.74) is 8.58. The Morgan fingerprint density at radius 2 is 2.00 bits per heavy atom.